The minimum Gasteiger partial charge on any atom is -0.390 e. The molecule has 5 heteroatoms. The molecule has 0 fully saturated rings. The predicted octanol–water partition coefficient (Wildman–Crippen LogP) is 0.718. The van der Waals surface area contributed by atoms with Crippen LogP contribution < -0.4 is 5.32 Å². The summed E-state index contributed by atoms with van der Waals surface area (Å²) in [5.41, 5.74) is 0. The van der Waals surface area contributed by atoms with Crippen molar-refractivity contribution in [3.05, 3.63) is 16.1 Å². The van der Waals surface area contributed by atoms with Gasteiger partial charge in [-0.05, 0) is 20.5 Å². The monoisotopic (exact) mass is 243 g/mol. The summed E-state index contributed by atoms with van der Waals surface area (Å²) in [6.07, 6.45) is 2.59. The smallest absolute Gasteiger partial charge is 0.0925 e. The fourth-order valence-electron chi connectivity index (χ4n) is 1.44. The molecule has 1 atom stereocenters. The van der Waals surface area contributed by atoms with Gasteiger partial charge in [-0.3, -0.25) is 0 Å². The third-order valence-electron chi connectivity index (χ3n) is 2.16. The molecule has 1 heterocycles. The molecule has 1 aromatic heterocycles. The molecule has 0 aliphatic heterocycles. The molecule has 0 amide bonds. The number of thiazole rings is 1. The Morgan fingerprint density at radius 3 is 2.88 bits per heavy atom. The van der Waals surface area contributed by atoms with Crippen molar-refractivity contribution in [2.45, 2.75) is 26.0 Å². The Kier molecular flexibility index (Phi) is 5.90. The van der Waals surface area contributed by atoms with Gasteiger partial charge in [0.05, 0.1) is 11.1 Å². The van der Waals surface area contributed by atoms with E-state index < -0.39 is 0 Å². The lowest BCUT2D eigenvalue weighted by atomic mass is 10.3. The molecule has 0 saturated carbocycles. The molecule has 2 N–H and O–H groups in total. The summed E-state index contributed by atoms with van der Waals surface area (Å²) in [6, 6.07) is 0. The molecule has 1 unspecified atom stereocenters. The molecule has 16 heavy (non-hydrogen) atoms. The minimum absolute atomic E-state index is 0.312. The molecular formula is C11H21N3OS. The van der Waals surface area contributed by atoms with Gasteiger partial charge in [0, 0.05) is 30.7 Å². The molecule has 92 valence electrons. The quantitative estimate of drug-likeness (QED) is 0.741. The normalized spacial score (nSPS) is 13.3. The van der Waals surface area contributed by atoms with Crippen LogP contribution in [0.2, 0.25) is 0 Å². The van der Waals surface area contributed by atoms with Gasteiger partial charge in [0.1, 0.15) is 0 Å². The number of hydrogen-bond donors (Lipinski definition) is 2. The molecule has 0 saturated heterocycles. The summed E-state index contributed by atoms with van der Waals surface area (Å²) in [5, 5.41) is 14.0. The first-order chi connectivity index (χ1) is 7.61. The Morgan fingerprint density at radius 1 is 1.56 bits per heavy atom. The van der Waals surface area contributed by atoms with Crippen LogP contribution in [-0.2, 0) is 13.0 Å². The summed E-state index contributed by atoms with van der Waals surface area (Å²) < 4.78 is 0. The van der Waals surface area contributed by atoms with Gasteiger partial charge < -0.3 is 15.3 Å². The number of aromatic nitrogens is 1. The Hall–Kier alpha value is -0.490. The van der Waals surface area contributed by atoms with E-state index in [0.29, 0.717) is 13.1 Å². The number of aliphatic hydroxyl groups excluding tert-OH is 1. The van der Waals surface area contributed by atoms with Crippen molar-refractivity contribution in [2.75, 3.05) is 27.2 Å². The zero-order chi connectivity index (χ0) is 12.0. The second-order valence-electron chi connectivity index (χ2n) is 4.12. The molecule has 0 aliphatic rings. The number of aliphatic hydroxyl groups is 1. The van der Waals surface area contributed by atoms with E-state index in [0.717, 1.165) is 13.0 Å². The summed E-state index contributed by atoms with van der Waals surface area (Å²) in [5.74, 6) is 0. The van der Waals surface area contributed by atoms with E-state index >= 15 is 0 Å². The zero-order valence-electron chi connectivity index (χ0n) is 10.2. The lowest BCUT2D eigenvalue weighted by Crippen LogP contribution is -2.34. The predicted molar refractivity (Wildman–Crippen MR) is 67.8 cm³/mol. The number of nitrogens with one attached hydrogen (secondary N) is 1. The lowest BCUT2D eigenvalue weighted by Gasteiger charge is -2.15. The molecule has 0 aromatic carbocycles. The molecule has 4 nitrogen and oxygen atoms in total. The number of aryl methyl sites for hydroxylation is 1. The summed E-state index contributed by atoms with van der Waals surface area (Å²) in [7, 11) is 3.92. The Bertz CT molecular complexity index is 301. The highest BCUT2D eigenvalue weighted by Crippen LogP contribution is 2.12. The van der Waals surface area contributed by atoms with Gasteiger partial charge in [-0.2, -0.15) is 0 Å². The molecule has 0 radical (unpaired) electrons. The first kappa shape index (κ1) is 13.6. The van der Waals surface area contributed by atoms with Crippen molar-refractivity contribution >= 4 is 11.3 Å². The van der Waals surface area contributed by atoms with Gasteiger partial charge in [0.25, 0.3) is 0 Å². The topological polar surface area (TPSA) is 48.4 Å². The van der Waals surface area contributed by atoms with Gasteiger partial charge in [0.15, 0.2) is 0 Å². The summed E-state index contributed by atoms with van der Waals surface area (Å²) >= 11 is 1.73. The SMILES string of the molecule is CCc1ncc(CNCC(O)CN(C)C)s1. The van der Waals surface area contributed by atoms with Gasteiger partial charge in [-0.15, -0.1) is 11.3 Å². The first-order valence-electron chi connectivity index (χ1n) is 5.59. The summed E-state index contributed by atoms with van der Waals surface area (Å²) in [6.45, 7) is 4.21. The van der Waals surface area contributed by atoms with Crippen LogP contribution in [0.1, 0.15) is 16.8 Å². The Morgan fingerprint density at radius 2 is 2.31 bits per heavy atom. The molecular weight excluding hydrogens is 222 g/mol. The Balaban J connectivity index is 2.19. The van der Waals surface area contributed by atoms with Crippen LogP contribution in [0.5, 0.6) is 0 Å². The number of likely N-dealkylation sites (N-methyl/N-ethyl adjacent to an activating group) is 1. The van der Waals surface area contributed by atoms with E-state index in [-0.39, 0.29) is 6.10 Å². The van der Waals surface area contributed by atoms with E-state index in [4.69, 9.17) is 0 Å². The third kappa shape index (κ3) is 5.03. The van der Waals surface area contributed by atoms with Crippen molar-refractivity contribution in [1.29, 1.82) is 0 Å². The maximum absolute atomic E-state index is 9.63. The van der Waals surface area contributed by atoms with Crippen LogP contribution >= 0.6 is 11.3 Å². The fourth-order valence-corrected chi connectivity index (χ4v) is 2.27. The van der Waals surface area contributed by atoms with E-state index in [1.54, 1.807) is 11.3 Å². The van der Waals surface area contributed by atoms with Crippen LogP contribution in [0.25, 0.3) is 0 Å². The summed E-state index contributed by atoms with van der Waals surface area (Å²) in [4.78, 5) is 7.50. The largest absolute Gasteiger partial charge is 0.390 e. The van der Waals surface area contributed by atoms with Crippen LogP contribution in [0, 0.1) is 0 Å². The molecule has 1 rings (SSSR count). The van der Waals surface area contributed by atoms with Crippen LogP contribution in [0.4, 0.5) is 0 Å². The standard InChI is InChI=1S/C11H21N3OS/c1-4-11-13-7-10(16-11)6-12-5-9(15)8-14(2)3/h7,9,12,15H,4-6,8H2,1-3H3. The number of rotatable bonds is 7. The van der Waals surface area contributed by atoms with Crippen LogP contribution in [0.15, 0.2) is 6.20 Å². The lowest BCUT2D eigenvalue weighted by molar-refractivity contribution is 0.134. The highest BCUT2D eigenvalue weighted by Gasteiger charge is 2.05. The van der Waals surface area contributed by atoms with Crippen molar-refractivity contribution in [2.24, 2.45) is 0 Å². The molecule has 0 spiro atoms. The van der Waals surface area contributed by atoms with Crippen LogP contribution in [-0.4, -0.2) is 48.3 Å². The second-order valence-corrected chi connectivity index (χ2v) is 5.32. The number of nitrogens with zero attached hydrogens (tertiary/aromatic N) is 2. The highest BCUT2D eigenvalue weighted by molar-refractivity contribution is 7.11. The maximum atomic E-state index is 9.63. The van der Waals surface area contributed by atoms with Gasteiger partial charge in [-0.1, -0.05) is 6.92 Å². The zero-order valence-corrected chi connectivity index (χ0v) is 11.0. The van der Waals surface area contributed by atoms with Crippen molar-refractivity contribution in [1.82, 2.24) is 15.2 Å². The van der Waals surface area contributed by atoms with Crippen molar-refractivity contribution in [3.63, 3.8) is 0 Å². The van der Waals surface area contributed by atoms with Gasteiger partial charge in [-0.25, -0.2) is 4.98 Å². The van der Waals surface area contributed by atoms with Crippen LogP contribution in [0.3, 0.4) is 0 Å². The first-order valence-corrected chi connectivity index (χ1v) is 6.40. The maximum Gasteiger partial charge on any atom is 0.0925 e. The van der Waals surface area contributed by atoms with E-state index in [9.17, 15) is 5.11 Å². The van der Waals surface area contributed by atoms with E-state index in [1.807, 2.05) is 25.2 Å². The Labute approximate surface area is 101 Å². The second kappa shape index (κ2) is 6.96. The van der Waals surface area contributed by atoms with Gasteiger partial charge >= 0.3 is 0 Å². The van der Waals surface area contributed by atoms with E-state index in [2.05, 4.69) is 17.2 Å². The third-order valence-corrected chi connectivity index (χ3v) is 3.30. The minimum atomic E-state index is -0.312. The number of hydrogen-bond acceptors (Lipinski definition) is 5. The molecule has 0 bridgehead atoms. The van der Waals surface area contributed by atoms with Gasteiger partial charge in [0.2, 0.25) is 0 Å². The molecule has 0 aliphatic carbocycles. The van der Waals surface area contributed by atoms with Crippen molar-refractivity contribution < 1.29 is 5.11 Å². The average molecular weight is 243 g/mol. The highest BCUT2D eigenvalue weighted by atomic mass is 32.1. The molecule has 1 aromatic rings. The van der Waals surface area contributed by atoms with E-state index in [1.165, 1.54) is 9.88 Å². The fraction of sp³-hybridized carbons (Fsp3) is 0.727. The van der Waals surface area contributed by atoms with Crippen molar-refractivity contribution in [3.8, 4) is 0 Å². The average Bonchev–Trinajstić information content (AvgIpc) is 2.64.